The zero-order chi connectivity index (χ0) is 23.4. The van der Waals surface area contributed by atoms with Crippen LogP contribution in [-0.2, 0) is 24.8 Å². The van der Waals surface area contributed by atoms with Gasteiger partial charge in [-0.3, -0.25) is 0 Å². The van der Waals surface area contributed by atoms with Crippen LogP contribution in [0.2, 0.25) is 5.02 Å². The number of hydrogen-bond donors (Lipinski definition) is 3. The first kappa shape index (κ1) is 25.0. The zero-order valence-electron chi connectivity index (χ0n) is 16.9. The van der Waals surface area contributed by atoms with Gasteiger partial charge in [-0.05, 0) is 55.7 Å². The number of halogens is 2. The highest BCUT2D eigenvalue weighted by atomic mass is 35.5. The van der Waals surface area contributed by atoms with Crippen LogP contribution in [0.1, 0.15) is 19.3 Å². The van der Waals surface area contributed by atoms with E-state index in [2.05, 4.69) is 9.44 Å². The van der Waals surface area contributed by atoms with Crippen molar-refractivity contribution < 1.29 is 31.1 Å². The molecule has 1 heterocycles. The van der Waals surface area contributed by atoms with Gasteiger partial charge in [-0.25, -0.2) is 30.7 Å². The molecular weight excluding hydrogens is 483 g/mol. The predicted octanol–water partition coefficient (Wildman–Crippen LogP) is 2.03. The summed E-state index contributed by atoms with van der Waals surface area (Å²) in [7, 11) is -7.70. The minimum atomic E-state index is -3.91. The molecule has 0 amide bonds. The summed E-state index contributed by atoms with van der Waals surface area (Å²) < 4.78 is 73.7. The highest BCUT2D eigenvalue weighted by Crippen LogP contribution is 2.25. The first-order chi connectivity index (χ1) is 15.1. The van der Waals surface area contributed by atoms with Crippen LogP contribution in [-0.4, -0.2) is 53.3 Å². The molecule has 3 rings (SSSR count). The minimum Gasteiger partial charge on any atom is -0.394 e. The molecule has 32 heavy (non-hydrogen) atoms. The molecule has 12 heteroatoms. The number of aliphatic hydroxyl groups excluding tert-OH is 1. The smallest absolute Gasteiger partial charge is 0.242 e. The molecule has 1 saturated heterocycles. The van der Waals surface area contributed by atoms with Gasteiger partial charge in [-0.2, -0.15) is 0 Å². The SMILES string of the molecule is O=S(=O)(NCC[C@H]1CC[C@@H](NS(=O)(=O)c2ccccc2Cl)[C@@H](CO)O1)c1ccc(F)cc1. The first-order valence-electron chi connectivity index (χ1n) is 9.91. The number of hydrogen-bond acceptors (Lipinski definition) is 6. The van der Waals surface area contributed by atoms with Gasteiger partial charge in [-0.1, -0.05) is 23.7 Å². The maximum absolute atomic E-state index is 13.0. The molecule has 0 aromatic heterocycles. The normalized spacial score (nSPS) is 22.0. The Morgan fingerprint density at radius 3 is 2.38 bits per heavy atom. The number of aliphatic hydroxyl groups is 1. The molecule has 1 fully saturated rings. The van der Waals surface area contributed by atoms with Crippen molar-refractivity contribution in [2.75, 3.05) is 13.2 Å². The van der Waals surface area contributed by atoms with Crippen LogP contribution in [0.3, 0.4) is 0 Å². The molecule has 0 radical (unpaired) electrons. The van der Waals surface area contributed by atoms with E-state index in [4.69, 9.17) is 16.3 Å². The van der Waals surface area contributed by atoms with E-state index < -0.39 is 44.6 Å². The second kappa shape index (κ2) is 10.6. The highest BCUT2D eigenvalue weighted by molar-refractivity contribution is 7.89. The van der Waals surface area contributed by atoms with Gasteiger partial charge in [-0.15, -0.1) is 0 Å². The third kappa shape index (κ3) is 6.25. The molecule has 0 unspecified atom stereocenters. The van der Waals surface area contributed by atoms with Gasteiger partial charge in [0.25, 0.3) is 0 Å². The molecule has 176 valence electrons. The van der Waals surface area contributed by atoms with Crippen molar-refractivity contribution in [2.24, 2.45) is 0 Å². The van der Waals surface area contributed by atoms with Crippen molar-refractivity contribution in [3.63, 3.8) is 0 Å². The fourth-order valence-electron chi connectivity index (χ4n) is 3.46. The standard InChI is InChI=1S/C20H24ClFN2O6S2/c21-17-3-1-2-4-20(17)32(28,29)24-18-10-7-15(30-19(18)13-25)11-12-23-31(26,27)16-8-5-14(22)6-9-16/h1-6,8-9,15,18-19,23-25H,7,10-13H2/t15-,18-,19-/m1/s1. The van der Waals surface area contributed by atoms with Crippen LogP contribution in [0.5, 0.6) is 0 Å². The van der Waals surface area contributed by atoms with E-state index in [1.54, 1.807) is 12.1 Å². The number of benzene rings is 2. The number of rotatable bonds is 9. The number of nitrogens with one attached hydrogen (secondary N) is 2. The second-order valence-corrected chi connectivity index (χ2v) is 11.2. The Labute approximate surface area is 191 Å². The van der Waals surface area contributed by atoms with E-state index in [-0.39, 0.29) is 27.5 Å². The molecule has 0 aliphatic carbocycles. The summed E-state index contributed by atoms with van der Waals surface area (Å²) in [6.07, 6.45) is 0.0132. The fraction of sp³-hybridized carbons (Fsp3) is 0.400. The molecule has 1 aliphatic heterocycles. The topological polar surface area (TPSA) is 122 Å². The Balaban J connectivity index is 1.55. The van der Waals surface area contributed by atoms with E-state index in [0.717, 1.165) is 12.1 Å². The summed E-state index contributed by atoms with van der Waals surface area (Å²) in [4.78, 5) is -0.110. The molecule has 0 spiro atoms. The van der Waals surface area contributed by atoms with Crippen LogP contribution in [0.25, 0.3) is 0 Å². The lowest BCUT2D eigenvalue weighted by Crippen LogP contribution is -2.51. The molecule has 2 aromatic carbocycles. The molecule has 0 saturated carbocycles. The summed E-state index contributed by atoms with van der Waals surface area (Å²) in [5, 5.41) is 9.79. The van der Waals surface area contributed by atoms with Crippen LogP contribution in [0, 0.1) is 5.82 Å². The summed E-state index contributed by atoms with van der Waals surface area (Å²) in [5.41, 5.74) is 0. The molecule has 0 bridgehead atoms. The molecule has 2 aromatic rings. The lowest BCUT2D eigenvalue weighted by Gasteiger charge is -2.36. The van der Waals surface area contributed by atoms with Crippen LogP contribution >= 0.6 is 11.6 Å². The summed E-state index contributed by atoms with van der Waals surface area (Å²) >= 11 is 5.99. The van der Waals surface area contributed by atoms with Crippen LogP contribution in [0.4, 0.5) is 4.39 Å². The third-order valence-corrected chi connectivity index (χ3v) is 8.58. The van der Waals surface area contributed by atoms with Crippen molar-refractivity contribution in [2.45, 2.75) is 47.3 Å². The van der Waals surface area contributed by atoms with Crippen LogP contribution < -0.4 is 9.44 Å². The summed E-state index contributed by atoms with van der Waals surface area (Å²) in [6.45, 7) is -0.341. The quantitative estimate of drug-likeness (QED) is 0.478. The predicted molar refractivity (Wildman–Crippen MR) is 117 cm³/mol. The van der Waals surface area contributed by atoms with Crippen molar-refractivity contribution in [1.29, 1.82) is 0 Å². The lowest BCUT2D eigenvalue weighted by molar-refractivity contribution is -0.0869. The van der Waals surface area contributed by atoms with E-state index in [9.17, 15) is 26.3 Å². The van der Waals surface area contributed by atoms with E-state index in [0.29, 0.717) is 19.3 Å². The maximum Gasteiger partial charge on any atom is 0.242 e. The fourth-order valence-corrected chi connectivity index (χ4v) is 6.32. The maximum atomic E-state index is 13.0. The highest BCUT2D eigenvalue weighted by Gasteiger charge is 2.34. The monoisotopic (exact) mass is 506 g/mol. The average Bonchev–Trinajstić information content (AvgIpc) is 2.75. The molecule has 3 N–H and O–H groups in total. The average molecular weight is 507 g/mol. The van der Waals surface area contributed by atoms with Crippen molar-refractivity contribution in [3.05, 3.63) is 59.4 Å². The van der Waals surface area contributed by atoms with Gasteiger partial charge in [0.1, 0.15) is 10.7 Å². The second-order valence-electron chi connectivity index (χ2n) is 7.36. The minimum absolute atomic E-state index is 0.0502. The Morgan fingerprint density at radius 1 is 1.03 bits per heavy atom. The van der Waals surface area contributed by atoms with Crippen LogP contribution in [0.15, 0.2) is 58.3 Å². The summed E-state index contributed by atoms with van der Waals surface area (Å²) in [5.74, 6) is -0.533. The number of sulfonamides is 2. The molecular formula is C20H24ClFN2O6S2. The van der Waals surface area contributed by atoms with Gasteiger partial charge in [0.05, 0.1) is 34.8 Å². The third-order valence-electron chi connectivity index (χ3n) is 5.11. The van der Waals surface area contributed by atoms with E-state index >= 15 is 0 Å². The Morgan fingerprint density at radius 2 is 1.72 bits per heavy atom. The molecule has 1 aliphatic rings. The zero-order valence-corrected chi connectivity index (χ0v) is 19.3. The Kier molecular flexibility index (Phi) is 8.26. The van der Waals surface area contributed by atoms with E-state index in [1.807, 2.05) is 0 Å². The Hall–Kier alpha value is -1.60. The molecule has 8 nitrogen and oxygen atoms in total. The lowest BCUT2D eigenvalue weighted by atomic mass is 9.98. The Bertz CT molecular complexity index is 1130. The summed E-state index contributed by atoms with van der Waals surface area (Å²) in [6, 6.07) is 9.86. The first-order valence-corrected chi connectivity index (χ1v) is 13.3. The van der Waals surface area contributed by atoms with Gasteiger partial charge < -0.3 is 9.84 Å². The number of ether oxygens (including phenoxy) is 1. The van der Waals surface area contributed by atoms with E-state index in [1.165, 1.54) is 24.3 Å². The van der Waals surface area contributed by atoms with Gasteiger partial charge >= 0.3 is 0 Å². The van der Waals surface area contributed by atoms with Crippen molar-refractivity contribution in [3.8, 4) is 0 Å². The van der Waals surface area contributed by atoms with Crippen molar-refractivity contribution >= 4 is 31.6 Å². The largest absolute Gasteiger partial charge is 0.394 e. The van der Waals surface area contributed by atoms with Gasteiger partial charge in [0, 0.05) is 6.54 Å². The van der Waals surface area contributed by atoms with Gasteiger partial charge in [0.2, 0.25) is 20.0 Å². The molecule has 3 atom stereocenters. The van der Waals surface area contributed by atoms with Crippen molar-refractivity contribution in [1.82, 2.24) is 9.44 Å². The van der Waals surface area contributed by atoms with Gasteiger partial charge in [0.15, 0.2) is 0 Å².